The molecule has 0 saturated heterocycles. The van der Waals surface area contributed by atoms with Gasteiger partial charge in [-0.2, -0.15) is 0 Å². The van der Waals surface area contributed by atoms with Gasteiger partial charge in [-0.15, -0.1) is 0 Å². The standard InChI is InChI=1S/C74H47NO2/c1-2-17-48(18-3-1)49-33-39-54(40-34-49)75(55-41-35-50(36-42-55)52-38-44-63-60(46-52)58-22-5-7-24-62(58)73(63)64-25-8-12-29-69(64)76-70-30-13-9-26-65(70)73)56-20-16-19-51(45-56)53-37-43-59-57-21-4-6-23-61(57)74(68(59)47-53)66-27-10-14-31-71(66)77-72-32-15-11-28-67(72)74/h1-47H. The fraction of sp³-hybridized carbons (Fsp3) is 0.0270. The van der Waals surface area contributed by atoms with Gasteiger partial charge in [-0.25, -0.2) is 0 Å². The maximum atomic E-state index is 6.66. The summed E-state index contributed by atoms with van der Waals surface area (Å²) in [6, 6.07) is 104. The first-order valence-electron chi connectivity index (χ1n) is 26.6. The van der Waals surface area contributed by atoms with Gasteiger partial charge >= 0.3 is 0 Å². The summed E-state index contributed by atoms with van der Waals surface area (Å²) in [5, 5.41) is 0. The van der Waals surface area contributed by atoms with Gasteiger partial charge in [0.05, 0.1) is 10.8 Å². The van der Waals surface area contributed by atoms with E-state index >= 15 is 0 Å². The number of nitrogens with zero attached hydrogens (tertiary/aromatic N) is 1. The minimum absolute atomic E-state index is 0.501. The van der Waals surface area contributed by atoms with Crippen LogP contribution < -0.4 is 14.4 Å². The van der Waals surface area contributed by atoms with Gasteiger partial charge in [0.25, 0.3) is 0 Å². The largest absolute Gasteiger partial charge is 0.457 e. The molecule has 0 unspecified atom stereocenters. The van der Waals surface area contributed by atoms with Gasteiger partial charge < -0.3 is 14.4 Å². The van der Waals surface area contributed by atoms with Crippen molar-refractivity contribution in [3.8, 4) is 78.6 Å². The molecule has 0 radical (unpaired) electrons. The first kappa shape index (κ1) is 43.4. The van der Waals surface area contributed by atoms with Crippen molar-refractivity contribution in [2.45, 2.75) is 10.8 Å². The Hall–Kier alpha value is -9.96. The molecule has 360 valence electrons. The molecular formula is C74H47NO2. The second kappa shape index (κ2) is 16.8. The zero-order valence-corrected chi connectivity index (χ0v) is 41.9. The van der Waals surface area contributed by atoms with Gasteiger partial charge in [-0.05, 0) is 151 Å². The zero-order chi connectivity index (χ0) is 50.7. The van der Waals surface area contributed by atoms with Crippen LogP contribution in [0.3, 0.4) is 0 Å². The Kier molecular flexibility index (Phi) is 9.47. The van der Waals surface area contributed by atoms with Crippen molar-refractivity contribution in [1.29, 1.82) is 0 Å². The summed E-state index contributed by atoms with van der Waals surface area (Å²) >= 11 is 0. The number of ether oxygens (including phenoxy) is 2. The minimum atomic E-state index is -0.551. The van der Waals surface area contributed by atoms with E-state index in [2.05, 4.69) is 290 Å². The van der Waals surface area contributed by atoms with Crippen LogP contribution in [0.4, 0.5) is 17.1 Å². The lowest BCUT2D eigenvalue weighted by Gasteiger charge is -2.39. The van der Waals surface area contributed by atoms with E-state index in [1.165, 1.54) is 72.3 Å². The van der Waals surface area contributed by atoms with Gasteiger partial charge in [0.2, 0.25) is 0 Å². The number of benzene rings is 12. The second-order valence-corrected chi connectivity index (χ2v) is 20.6. The summed E-state index contributed by atoms with van der Waals surface area (Å²) in [4.78, 5) is 2.39. The summed E-state index contributed by atoms with van der Waals surface area (Å²) in [5.41, 5.74) is 23.9. The molecule has 4 aliphatic rings. The van der Waals surface area contributed by atoms with Gasteiger partial charge in [-0.3, -0.25) is 0 Å². The first-order chi connectivity index (χ1) is 38.2. The Labute approximate surface area is 448 Å². The fourth-order valence-corrected chi connectivity index (χ4v) is 13.6. The number of hydrogen-bond donors (Lipinski definition) is 0. The molecule has 0 aromatic heterocycles. The van der Waals surface area contributed by atoms with Crippen molar-refractivity contribution >= 4 is 17.1 Å². The van der Waals surface area contributed by atoms with Crippen molar-refractivity contribution in [3.05, 3.63) is 330 Å². The Bertz CT molecular complexity index is 4250. The van der Waals surface area contributed by atoms with Crippen molar-refractivity contribution in [2.75, 3.05) is 4.90 Å². The Morgan fingerprint density at radius 2 is 0.571 bits per heavy atom. The Morgan fingerprint density at radius 1 is 0.208 bits per heavy atom. The van der Waals surface area contributed by atoms with Crippen LogP contribution in [0.25, 0.3) is 55.6 Å². The highest BCUT2D eigenvalue weighted by Crippen LogP contribution is 2.64. The van der Waals surface area contributed by atoms with Crippen molar-refractivity contribution in [3.63, 3.8) is 0 Å². The summed E-state index contributed by atoms with van der Waals surface area (Å²) < 4.78 is 13.3. The molecule has 2 spiro atoms. The van der Waals surface area contributed by atoms with Gasteiger partial charge in [0.1, 0.15) is 23.0 Å². The maximum absolute atomic E-state index is 6.66. The van der Waals surface area contributed by atoms with E-state index < -0.39 is 10.8 Å². The molecular weight excluding hydrogens is 935 g/mol. The lowest BCUT2D eigenvalue weighted by Crippen LogP contribution is -2.32. The normalized spacial score (nSPS) is 13.9. The molecule has 0 atom stereocenters. The Balaban J connectivity index is 0.814. The van der Waals surface area contributed by atoms with Crippen LogP contribution in [0.15, 0.2) is 285 Å². The quantitative estimate of drug-likeness (QED) is 0.166. The molecule has 0 N–H and O–H groups in total. The minimum Gasteiger partial charge on any atom is -0.457 e. The maximum Gasteiger partial charge on any atom is 0.132 e. The predicted octanol–water partition coefficient (Wildman–Crippen LogP) is 19.1. The monoisotopic (exact) mass is 981 g/mol. The molecule has 16 rings (SSSR count). The molecule has 0 saturated carbocycles. The Morgan fingerprint density at radius 3 is 1.13 bits per heavy atom. The van der Waals surface area contributed by atoms with Crippen LogP contribution in [0.5, 0.6) is 23.0 Å². The van der Waals surface area contributed by atoms with E-state index in [-0.39, 0.29) is 0 Å². The van der Waals surface area contributed by atoms with Crippen LogP contribution >= 0.6 is 0 Å². The highest BCUT2D eigenvalue weighted by molar-refractivity contribution is 5.93. The zero-order valence-electron chi connectivity index (χ0n) is 41.9. The van der Waals surface area contributed by atoms with Gasteiger partial charge in [-0.1, -0.05) is 212 Å². The topological polar surface area (TPSA) is 21.7 Å². The SMILES string of the molecule is c1ccc(-c2ccc(N(c3ccc(-c4ccc5c(c4)-c4ccccc4C54c5ccccc5Oc5ccccc54)cc3)c3cccc(-c4ccc5c(c4)C4(c6ccccc6Oc6ccccc64)c4ccccc4-5)c3)cc2)cc1. The van der Waals surface area contributed by atoms with Crippen molar-refractivity contribution in [2.24, 2.45) is 0 Å². The molecule has 3 nitrogen and oxygen atoms in total. The van der Waals surface area contributed by atoms with Crippen LogP contribution in [-0.4, -0.2) is 0 Å². The number of hydrogen-bond acceptors (Lipinski definition) is 3. The van der Waals surface area contributed by atoms with Gasteiger partial charge in [0.15, 0.2) is 0 Å². The lowest BCUT2D eigenvalue weighted by atomic mass is 9.66. The van der Waals surface area contributed by atoms with E-state index in [0.717, 1.165) is 67.9 Å². The molecule has 77 heavy (non-hydrogen) atoms. The molecule has 0 amide bonds. The number of para-hydroxylation sites is 4. The van der Waals surface area contributed by atoms with E-state index in [0.29, 0.717) is 0 Å². The van der Waals surface area contributed by atoms with E-state index in [1.54, 1.807) is 0 Å². The third-order valence-electron chi connectivity index (χ3n) is 16.8. The third kappa shape index (κ3) is 6.26. The highest BCUT2D eigenvalue weighted by atomic mass is 16.5. The average molecular weight is 982 g/mol. The van der Waals surface area contributed by atoms with E-state index in [9.17, 15) is 0 Å². The summed E-state index contributed by atoms with van der Waals surface area (Å²) in [5.74, 6) is 3.58. The molecule has 12 aromatic rings. The van der Waals surface area contributed by atoms with E-state index in [4.69, 9.17) is 9.47 Å². The van der Waals surface area contributed by atoms with Crippen LogP contribution in [0.1, 0.15) is 44.5 Å². The molecule has 0 bridgehead atoms. The number of anilines is 3. The highest BCUT2D eigenvalue weighted by Gasteiger charge is 2.52. The molecule has 2 aliphatic carbocycles. The fourth-order valence-electron chi connectivity index (χ4n) is 13.6. The van der Waals surface area contributed by atoms with E-state index in [1.807, 2.05) is 0 Å². The molecule has 0 fully saturated rings. The number of rotatable bonds is 6. The average Bonchev–Trinajstić information content (AvgIpc) is 4.02. The smallest absolute Gasteiger partial charge is 0.132 e. The van der Waals surface area contributed by atoms with Crippen molar-refractivity contribution in [1.82, 2.24) is 0 Å². The molecule has 2 aliphatic heterocycles. The second-order valence-electron chi connectivity index (χ2n) is 20.6. The molecule has 2 heterocycles. The predicted molar refractivity (Wildman–Crippen MR) is 312 cm³/mol. The third-order valence-corrected chi connectivity index (χ3v) is 16.8. The van der Waals surface area contributed by atoms with Crippen molar-refractivity contribution < 1.29 is 9.47 Å². The lowest BCUT2D eigenvalue weighted by molar-refractivity contribution is 0.436. The summed E-state index contributed by atoms with van der Waals surface area (Å²) in [7, 11) is 0. The van der Waals surface area contributed by atoms with Crippen LogP contribution in [-0.2, 0) is 10.8 Å². The van der Waals surface area contributed by atoms with Crippen LogP contribution in [0.2, 0.25) is 0 Å². The first-order valence-corrected chi connectivity index (χ1v) is 26.6. The van der Waals surface area contributed by atoms with Crippen LogP contribution in [0, 0.1) is 0 Å². The summed E-state index contributed by atoms with van der Waals surface area (Å²) in [6.07, 6.45) is 0. The molecule has 3 heteroatoms. The number of fused-ring (bicyclic) bond motifs is 18. The molecule has 12 aromatic carbocycles. The van der Waals surface area contributed by atoms with Gasteiger partial charge in [0, 0.05) is 39.3 Å². The summed E-state index contributed by atoms with van der Waals surface area (Å²) in [6.45, 7) is 0.